The van der Waals surface area contributed by atoms with Gasteiger partial charge in [0.1, 0.15) is 5.82 Å². The van der Waals surface area contributed by atoms with Crippen LogP contribution >= 0.6 is 0 Å². The lowest BCUT2D eigenvalue weighted by atomic mass is 10.2. The van der Waals surface area contributed by atoms with Gasteiger partial charge in [0.2, 0.25) is 0 Å². The van der Waals surface area contributed by atoms with Crippen molar-refractivity contribution in [2.75, 3.05) is 24.6 Å². The molecule has 0 amide bonds. The van der Waals surface area contributed by atoms with E-state index in [4.69, 9.17) is 5.11 Å². The van der Waals surface area contributed by atoms with Gasteiger partial charge in [-0.25, -0.2) is 4.39 Å². The van der Waals surface area contributed by atoms with Crippen LogP contribution in [0.25, 0.3) is 0 Å². The van der Waals surface area contributed by atoms with Gasteiger partial charge in [-0.3, -0.25) is 0 Å². The van der Waals surface area contributed by atoms with E-state index in [0.29, 0.717) is 18.2 Å². The fourth-order valence-corrected chi connectivity index (χ4v) is 2.50. The zero-order valence-corrected chi connectivity index (χ0v) is 10.8. The Hall–Kier alpha value is -1.13. The van der Waals surface area contributed by atoms with Gasteiger partial charge in [-0.1, -0.05) is 12.1 Å². The van der Waals surface area contributed by atoms with Crippen molar-refractivity contribution in [2.45, 2.75) is 31.8 Å². The molecule has 0 saturated carbocycles. The fraction of sp³-hybridized carbons (Fsp3) is 0.571. The molecule has 1 aliphatic rings. The van der Waals surface area contributed by atoms with Gasteiger partial charge < -0.3 is 15.3 Å². The van der Waals surface area contributed by atoms with E-state index in [1.54, 1.807) is 6.07 Å². The van der Waals surface area contributed by atoms with Crippen LogP contribution in [0.1, 0.15) is 19.8 Å². The highest BCUT2D eigenvalue weighted by Gasteiger charge is 2.22. The largest absolute Gasteiger partial charge is 0.396 e. The molecule has 0 radical (unpaired) electrons. The van der Waals surface area contributed by atoms with E-state index in [9.17, 15) is 4.39 Å². The Morgan fingerprint density at radius 2 is 2.22 bits per heavy atom. The summed E-state index contributed by atoms with van der Waals surface area (Å²) < 4.78 is 13.8. The van der Waals surface area contributed by atoms with Crippen LogP contribution < -0.4 is 10.2 Å². The third-order valence-electron chi connectivity index (χ3n) is 3.46. The minimum absolute atomic E-state index is 0.162. The molecule has 0 spiro atoms. The Morgan fingerprint density at radius 1 is 1.44 bits per heavy atom. The number of anilines is 1. The zero-order valence-electron chi connectivity index (χ0n) is 10.8. The van der Waals surface area contributed by atoms with E-state index in [1.165, 1.54) is 6.07 Å². The predicted octanol–water partition coefficient (Wildman–Crippen LogP) is 1.76. The second-order valence-corrected chi connectivity index (χ2v) is 4.96. The molecule has 100 valence electrons. The smallest absolute Gasteiger partial charge is 0.146 e. The first kappa shape index (κ1) is 13.3. The van der Waals surface area contributed by atoms with Crippen LogP contribution in [0.2, 0.25) is 0 Å². The lowest BCUT2D eigenvalue weighted by Crippen LogP contribution is -2.41. The first-order chi connectivity index (χ1) is 8.70. The maximum atomic E-state index is 13.8. The van der Waals surface area contributed by atoms with E-state index >= 15 is 0 Å². The molecule has 1 saturated heterocycles. The van der Waals surface area contributed by atoms with Crippen LogP contribution in [0.3, 0.4) is 0 Å². The van der Waals surface area contributed by atoms with Crippen LogP contribution in [-0.4, -0.2) is 36.9 Å². The van der Waals surface area contributed by atoms with Crippen molar-refractivity contribution in [1.82, 2.24) is 5.32 Å². The van der Waals surface area contributed by atoms with Crippen LogP contribution in [-0.2, 0) is 0 Å². The van der Waals surface area contributed by atoms with E-state index < -0.39 is 0 Å². The third-order valence-corrected chi connectivity index (χ3v) is 3.46. The summed E-state index contributed by atoms with van der Waals surface area (Å²) in [6.07, 6.45) is 1.69. The van der Waals surface area contributed by atoms with Crippen molar-refractivity contribution in [3.63, 3.8) is 0 Å². The van der Waals surface area contributed by atoms with Crippen molar-refractivity contribution >= 4 is 5.69 Å². The molecule has 2 N–H and O–H groups in total. The van der Waals surface area contributed by atoms with Gasteiger partial charge >= 0.3 is 0 Å². The highest BCUT2D eigenvalue weighted by Crippen LogP contribution is 2.21. The van der Waals surface area contributed by atoms with Gasteiger partial charge in [0.15, 0.2) is 0 Å². The predicted molar refractivity (Wildman–Crippen MR) is 71.3 cm³/mol. The van der Waals surface area contributed by atoms with Crippen molar-refractivity contribution < 1.29 is 9.50 Å². The number of hydrogen-bond donors (Lipinski definition) is 2. The average Bonchev–Trinajstić information content (AvgIpc) is 2.52. The van der Waals surface area contributed by atoms with Crippen LogP contribution in [0.5, 0.6) is 0 Å². The van der Waals surface area contributed by atoms with Crippen molar-refractivity contribution in [3.8, 4) is 0 Å². The molecule has 0 aromatic heterocycles. The maximum Gasteiger partial charge on any atom is 0.146 e. The molecule has 0 aliphatic carbocycles. The Bertz CT molecular complexity index is 386. The number of nitrogens with zero attached hydrogens (tertiary/aromatic N) is 1. The van der Waals surface area contributed by atoms with Crippen molar-refractivity contribution in [2.24, 2.45) is 0 Å². The number of benzene rings is 1. The minimum atomic E-state index is -0.171. The summed E-state index contributed by atoms with van der Waals surface area (Å²) in [5.74, 6) is -0.171. The standard InChI is InChI=1S/C14H21FN2O/c1-11-6-8-17(10-12(16-11)7-9-18)14-5-3-2-4-13(14)15/h2-5,11-12,16,18H,6-10H2,1H3. The number of hydrogen-bond acceptors (Lipinski definition) is 3. The number of para-hydroxylation sites is 1. The number of nitrogens with one attached hydrogen (secondary N) is 1. The molecule has 1 aromatic carbocycles. The molecule has 1 aromatic rings. The summed E-state index contributed by atoms with van der Waals surface area (Å²) in [5, 5.41) is 12.6. The molecule has 2 unspecified atom stereocenters. The fourth-order valence-electron chi connectivity index (χ4n) is 2.50. The van der Waals surface area contributed by atoms with Crippen LogP contribution in [0.15, 0.2) is 24.3 Å². The van der Waals surface area contributed by atoms with Crippen LogP contribution in [0.4, 0.5) is 10.1 Å². The maximum absolute atomic E-state index is 13.8. The minimum Gasteiger partial charge on any atom is -0.396 e. The molecular formula is C14H21FN2O. The molecule has 1 fully saturated rings. The van der Waals surface area contributed by atoms with Gasteiger partial charge in [0.05, 0.1) is 5.69 Å². The molecule has 1 heterocycles. The topological polar surface area (TPSA) is 35.5 Å². The summed E-state index contributed by atoms with van der Waals surface area (Å²) >= 11 is 0. The van der Waals surface area contributed by atoms with Crippen molar-refractivity contribution in [3.05, 3.63) is 30.1 Å². The summed E-state index contributed by atoms with van der Waals surface area (Å²) in [6.45, 7) is 3.88. The first-order valence-electron chi connectivity index (χ1n) is 6.57. The average molecular weight is 252 g/mol. The summed E-state index contributed by atoms with van der Waals surface area (Å²) in [7, 11) is 0. The first-order valence-corrected chi connectivity index (χ1v) is 6.57. The van der Waals surface area contributed by atoms with E-state index in [0.717, 1.165) is 19.5 Å². The number of rotatable bonds is 3. The zero-order chi connectivity index (χ0) is 13.0. The highest BCUT2D eigenvalue weighted by atomic mass is 19.1. The van der Waals surface area contributed by atoms with Gasteiger partial charge in [-0.2, -0.15) is 0 Å². The second-order valence-electron chi connectivity index (χ2n) is 4.96. The molecule has 4 heteroatoms. The number of aliphatic hydroxyl groups is 1. The van der Waals surface area contributed by atoms with Gasteiger partial charge in [0.25, 0.3) is 0 Å². The summed E-state index contributed by atoms with van der Waals surface area (Å²) in [6, 6.07) is 7.51. The molecule has 18 heavy (non-hydrogen) atoms. The van der Waals surface area contributed by atoms with Crippen molar-refractivity contribution in [1.29, 1.82) is 0 Å². The SMILES string of the molecule is CC1CCN(c2ccccc2F)CC(CCO)N1. The Balaban J connectivity index is 2.14. The lowest BCUT2D eigenvalue weighted by Gasteiger charge is -2.26. The quantitative estimate of drug-likeness (QED) is 0.860. The lowest BCUT2D eigenvalue weighted by molar-refractivity contribution is 0.263. The van der Waals surface area contributed by atoms with Crippen LogP contribution in [0, 0.1) is 5.82 Å². The number of aliphatic hydroxyl groups excluding tert-OH is 1. The van der Waals surface area contributed by atoms with E-state index in [1.807, 2.05) is 12.1 Å². The Labute approximate surface area is 108 Å². The molecule has 2 rings (SSSR count). The summed E-state index contributed by atoms with van der Waals surface area (Å²) in [4.78, 5) is 2.08. The molecule has 1 aliphatic heterocycles. The van der Waals surface area contributed by atoms with Gasteiger partial charge in [-0.05, 0) is 31.9 Å². The second kappa shape index (κ2) is 6.16. The molecular weight excluding hydrogens is 231 g/mol. The van der Waals surface area contributed by atoms with Gasteiger partial charge in [-0.15, -0.1) is 0 Å². The molecule has 0 bridgehead atoms. The van der Waals surface area contributed by atoms with E-state index in [2.05, 4.69) is 17.1 Å². The normalized spacial score (nSPS) is 24.9. The Morgan fingerprint density at radius 3 is 2.94 bits per heavy atom. The highest BCUT2D eigenvalue weighted by molar-refractivity contribution is 5.48. The number of halogens is 1. The third kappa shape index (κ3) is 3.21. The summed E-state index contributed by atoms with van der Waals surface area (Å²) in [5.41, 5.74) is 0.663. The van der Waals surface area contributed by atoms with Gasteiger partial charge in [0, 0.05) is 31.8 Å². The van der Waals surface area contributed by atoms with E-state index in [-0.39, 0.29) is 18.5 Å². The monoisotopic (exact) mass is 252 g/mol. The molecule has 3 nitrogen and oxygen atoms in total. The molecule has 2 atom stereocenters. The Kier molecular flexibility index (Phi) is 4.55.